The Bertz CT molecular complexity index is 953. The lowest BCUT2D eigenvalue weighted by Crippen LogP contribution is -2.37. The topological polar surface area (TPSA) is 77.6 Å². The summed E-state index contributed by atoms with van der Waals surface area (Å²) in [6, 6.07) is 14.8. The minimum atomic E-state index is -0.977. The molecule has 6 nitrogen and oxygen atoms in total. The van der Waals surface area contributed by atoms with Crippen LogP contribution in [-0.4, -0.2) is 67.4 Å². The van der Waals surface area contributed by atoms with Crippen LogP contribution in [-0.2, 0) is 4.74 Å². The molecule has 0 atom stereocenters. The lowest BCUT2D eigenvalue weighted by atomic mass is 10.1. The van der Waals surface area contributed by atoms with E-state index in [-0.39, 0.29) is 5.69 Å². The van der Waals surface area contributed by atoms with E-state index in [2.05, 4.69) is 15.2 Å². The van der Waals surface area contributed by atoms with Gasteiger partial charge in [0.05, 0.1) is 18.9 Å². The number of fused-ring (bicyclic) bond motifs is 1. The number of carboxylic acids is 1. The van der Waals surface area contributed by atoms with Crippen LogP contribution < -0.4 is 5.32 Å². The molecule has 0 spiro atoms. The second kappa shape index (κ2) is 11.1. The van der Waals surface area contributed by atoms with E-state index in [1.807, 2.05) is 37.4 Å². The molecule has 4 rings (SSSR count). The predicted molar refractivity (Wildman–Crippen MR) is 122 cm³/mol. The lowest BCUT2D eigenvalue weighted by Gasteiger charge is -2.26. The highest BCUT2D eigenvalue weighted by atomic mass is 35.5. The van der Waals surface area contributed by atoms with Crippen molar-refractivity contribution in [2.45, 2.75) is 6.42 Å². The second-order valence-electron chi connectivity index (χ2n) is 7.15. The van der Waals surface area contributed by atoms with E-state index in [0.717, 1.165) is 49.5 Å². The first-order valence-corrected chi connectivity index (χ1v) is 10.5. The largest absolute Gasteiger partial charge is 0.477 e. The van der Waals surface area contributed by atoms with Crippen LogP contribution in [0.15, 0.2) is 48.5 Å². The Morgan fingerprint density at radius 2 is 1.90 bits per heavy atom. The van der Waals surface area contributed by atoms with Gasteiger partial charge in [0.15, 0.2) is 0 Å². The molecule has 0 bridgehead atoms. The summed E-state index contributed by atoms with van der Waals surface area (Å²) in [6.45, 7) is 6.40. The molecule has 3 aromatic rings. The quantitative estimate of drug-likeness (QED) is 0.514. The highest BCUT2D eigenvalue weighted by Crippen LogP contribution is 2.32. The Hall–Kier alpha value is -2.38. The number of aromatic nitrogens is 1. The van der Waals surface area contributed by atoms with Gasteiger partial charge in [0, 0.05) is 28.9 Å². The van der Waals surface area contributed by atoms with Crippen LogP contribution in [0.4, 0.5) is 0 Å². The number of nitrogens with zero attached hydrogens (tertiary/aromatic N) is 1. The molecule has 1 fully saturated rings. The zero-order valence-corrected chi connectivity index (χ0v) is 17.9. The van der Waals surface area contributed by atoms with Gasteiger partial charge in [-0.25, -0.2) is 4.79 Å². The van der Waals surface area contributed by atoms with Crippen molar-refractivity contribution in [3.8, 4) is 11.3 Å². The molecule has 1 aromatic heterocycles. The summed E-state index contributed by atoms with van der Waals surface area (Å²) in [6.07, 6.45) is 1.25. The minimum Gasteiger partial charge on any atom is -0.477 e. The Kier molecular flexibility index (Phi) is 8.28. The van der Waals surface area contributed by atoms with Gasteiger partial charge >= 0.3 is 5.97 Å². The fourth-order valence-corrected chi connectivity index (χ4v) is 3.68. The van der Waals surface area contributed by atoms with E-state index in [9.17, 15) is 9.90 Å². The van der Waals surface area contributed by atoms with E-state index in [1.54, 1.807) is 18.2 Å². The predicted octanol–water partition coefficient (Wildman–Crippen LogP) is 4.11. The molecule has 0 unspecified atom stereocenters. The number of nitrogens with one attached hydrogen (secondary N) is 2. The van der Waals surface area contributed by atoms with Crippen molar-refractivity contribution in [3.05, 3.63) is 59.2 Å². The monoisotopic (exact) mass is 429 g/mol. The number of rotatable bonds is 6. The molecule has 0 aliphatic carbocycles. The third-order valence-electron chi connectivity index (χ3n) is 5.05. The van der Waals surface area contributed by atoms with Gasteiger partial charge in [-0.05, 0) is 44.3 Å². The molecular formula is C23H28ClN3O3. The lowest BCUT2D eigenvalue weighted by molar-refractivity contribution is 0.0375. The van der Waals surface area contributed by atoms with E-state index in [4.69, 9.17) is 16.3 Å². The molecule has 1 aliphatic rings. The van der Waals surface area contributed by atoms with Gasteiger partial charge in [-0.2, -0.15) is 0 Å². The number of ether oxygens (including phenoxy) is 1. The first kappa shape index (κ1) is 22.3. The average Bonchev–Trinajstić information content (AvgIpc) is 3.15. The molecule has 1 aliphatic heterocycles. The normalized spacial score (nSPS) is 14.3. The van der Waals surface area contributed by atoms with E-state index >= 15 is 0 Å². The highest BCUT2D eigenvalue weighted by molar-refractivity contribution is 6.31. The first-order valence-electron chi connectivity index (χ1n) is 10.1. The number of hydrogen-bond acceptors (Lipinski definition) is 4. The van der Waals surface area contributed by atoms with Crippen molar-refractivity contribution >= 4 is 28.3 Å². The van der Waals surface area contributed by atoms with Crippen LogP contribution >= 0.6 is 11.6 Å². The first-order chi connectivity index (χ1) is 14.6. The zero-order valence-electron chi connectivity index (χ0n) is 17.2. The molecule has 1 saturated heterocycles. The summed E-state index contributed by atoms with van der Waals surface area (Å²) < 4.78 is 5.25. The van der Waals surface area contributed by atoms with Crippen molar-refractivity contribution in [3.63, 3.8) is 0 Å². The number of morpholine rings is 1. The van der Waals surface area contributed by atoms with Gasteiger partial charge < -0.3 is 20.1 Å². The highest BCUT2D eigenvalue weighted by Gasteiger charge is 2.16. The number of carbonyl (C=O) groups is 1. The summed E-state index contributed by atoms with van der Waals surface area (Å²) in [5.41, 5.74) is 1.89. The summed E-state index contributed by atoms with van der Waals surface area (Å²) in [4.78, 5) is 16.7. The van der Waals surface area contributed by atoms with Crippen LogP contribution in [0, 0.1) is 0 Å². The number of aromatic carboxylic acids is 1. The van der Waals surface area contributed by atoms with Crippen molar-refractivity contribution < 1.29 is 14.6 Å². The fraction of sp³-hybridized carbons (Fsp3) is 0.348. The van der Waals surface area contributed by atoms with Crippen molar-refractivity contribution in [1.82, 2.24) is 15.2 Å². The van der Waals surface area contributed by atoms with Gasteiger partial charge in [0.2, 0.25) is 0 Å². The van der Waals surface area contributed by atoms with Gasteiger partial charge in [0.1, 0.15) is 5.69 Å². The van der Waals surface area contributed by atoms with Gasteiger partial charge in [-0.1, -0.05) is 48.0 Å². The number of benzene rings is 2. The molecule has 2 aromatic carbocycles. The van der Waals surface area contributed by atoms with Crippen molar-refractivity contribution in [2.24, 2.45) is 0 Å². The smallest absolute Gasteiger partial charge is 0.352 e. The number of aromatic amines is 1. The zero-order chi connectivity index (χ0) is 21.3. The molecule has 2 heterocycles. The maximum absolute atomic E-state index is 11.3. The standard InChI is InChI=1S/C15H10ClNO2.C8H18N2O/c16-10-6-7-11-12(8-10)13(17-14(11)15(18)19)9-4-2-1-3-5-9;1-9-3-2-4-10-5-7-11-8-6-10/h1-8,17H,(H,18,19);9H,2-8H2,1H3. The average molecular weight is 430 g/mol. The summed E-state index contributed by atoms with van der Waals surface area (Å²) >= 11 is 6.01. The van der Waals surface area contributed by atoms with E-state index in [0.29, 0.717) is 10.4 Å². The molecule has 30 heavy (non-hydrogen) atoms. The summed E-state index contributed by atoms with van der Waals surface area (Å²) in [5, 5.41) is 14.5. The van der Waals surface area contributed by atoms with Crippen LogP contribution in [0.1, 0.15) is 16.9 Å². The third-order valence-corrected chi connectivity index (χ3v) is 5.29. The Morgan fingerprint density at radius 1 is 1.17 bits per heavy atom. The molecule has 0 amide bonds. The number of halogens is 1. The van der Waals surface area contributed by atoms with E-state index in [1.165, 1.54) is 13.0 Å². The van der Waals surface area contributed by atoms with Gasteiger partial charge in [-0.15, -0.1) is 0 Å². The SMILES string of the molecule is CNCCCN1CCOCC1.O=C(O)c1[nH]c(-c2ccccc2)c2cc(Cl)ccc12. The fourth-order valence-electron chi connectivity index (χ4n) is 3.51. The maximum atomic E-state index is 11.3. The van der Waals surface area contributed by atoms with Crippen LogP contribution in [0.5, 0.6) is 0 Å². The molecular weight excluding hydrogens is 402 g/mol. The second-order valence-corrected chi connectivity index (χ2v) is 7.58. The Balaban J connectivity index is 0.000000199. The van der Waals surface area contributed by atoms with Gasteiger partial charge in [0.25, 0.3) is 0 Å². The molecule has 7 heteroatoms. The molecule has 160 valence electrons. The number of carboxylic acid groups (broad SMARTS) is 1. The third kappa shape index (κ3) is 5.83. The van der Waals surface area contributed by atoms with Crippen LogP contribution in [0.2, 0.25) is 5.02 Å². The molecule has 0 radical (unpaired) electrons. The van der Waals surface area contributed by atoms with Crippen LogP contribution in [0.3, 0.4) is 0 Å². The number of H-pyrrole nitrogens is 1. The summed E-state index contributed by atoms with van der Waals surface area (Å²) in [7, 11) is 2.00. The minimum absolute atomic E-state index is 0.186. The van der Waals surface area contributed by atoms with Gasteiger partial charge in [-0.3, -0.25) is 4.90 Å². The summed E-state index contributed by atoms with van der Waals surface area (Å²) in [5.74, 6) is -0.977. The van der Waals surface area contributed by atoms with Crippen molar-refractivity contribution in [1.29, 1.82) is 0 Å². The van der Waals surface area contributed by atoms with Crippen LogP contribution in [0.25, 0.3) is 22.0 Å². The number of hydrogen-bond donors (Lipinski definition) is 3. The van der Waals surface area contributed by atoms with E-state index < -0.39 is 5.97 Å². The van der Waals surface area contributed by atoms with Crippen molar-refractivity contribution in [2.75, 3.05) is 46.4 Å². The maximum Gasteiger partial charge on any atom is 0.352 e. The Morgan fingerprint density at radius 3 is 2.57 bits per heavy atom. The Labute approximate surface area is 181 Å². The molecule has 3 N–H and O–H groups in total. The molecule has 0 saturated carbocycles.